The number of fused-ring (bicyclic) bond motifs is 1. The Bertz CT molecular complexity index is 671. The van der Waals surface area contributed by atoms with Crippen LogP contribution in [0.15, 0.2) is 69.5 Å². The van der Waals surface area contributed by atoms with Crippen molar-refractivity contribution in [2.24, 2.45) is 4.99 Å². The molecule has 1 aliphatic heterocycles. The van der Waals surface area contributed by atoms with E-state index in [1.165, 1.54) is 10.5 Å². The van der Waals surface area contributed by atoms with Crippen molar-refractivity contribution >= 4 is 29.1 Å². The predicted molar refractivity (Wildman–Crippen MR) is 83.1 cm³/mol. The van der Waals surface area contributed by atoms with E-state index < -0.39 is 0 Å². The molecule has 19 heavy (non-hydrogen) atoms. The molecule has 0 unspecified atom stereocenters. The summed E-state index contributed by atoms with van der Waals surface area (Å²) in [6, 6.07) is 16.2. The van der Waals surface area contributed by atoms with Gasteiger partial charge in [-0.05, 0) is 30.5 Å². The largest absolute Gasteiger partial charge is 0.252 e. The van der Waals surface area contributed by atoms with Gasteiger partial charge in [0.25, 0.3) is 0 Å². The fourth-order valence-electron chi connectivity index (χ4n) is 2.00. The molecular weight excluding hydrogens is 274 g/mol. The summed E-state index contributed by atoms with van der Waals surface area (Å²) in [7, 11) is 0. The van der Waals surface area contributed by atoms with Crippen molar-refractivity contribution in [1.29, 1.82) is 0 Å². The molecule has 0 radical (unpaired) electrons. The highest BCUT2D eigenvalue weighted by Gasteiger charge is 2.14. The van der Waals surface area contributed by atoms with Crippen LogP contribution in [-0.4, -0.2) is 5.71 Å². The minimum Gasteiger partial charge on any atom is -0.252 e. The van der Waals surface area contributed by atoms with Gasteiger partial charge in [-0.3, -0.25) is 4.99 Å². The maximum atomic E-state index is 5.96. The molecule has 3 rings (SSSR count). The molecular formula is C16H12ClNS. The van der Waals surface area contributed by atoms with Crippen LogP contribution in [0, 0.1) is 0 Å². The van der Waals surface area contributed by atoms with Gasteiger partial charge in [0.1, 0.15) is 0 Å². The maximum absolute atomic E-state index is 5.96. The summed E-state index contributed by atoms with van der Waals surface area (Å²) in [5.41, 5.74) is 4.28. The van der Waals surface area contributed by atoms with Crippen LogP contribution in [0.5, 0.6) is 0 Å². The Labute approximate surface area is 122 Å². The summed E-state index contributed by atoms with van der Waals surface area (Å²) in [6.45, 7) is 2.02. The van der Waals surface area contributed by atoms with Crippen LogP contribution >= 0.6 is 23.4 Å². The van der Waals surface area contributed by atoms with Gasteiger partial charge in [-0.2, -0.15) is 0 Å². The summed E-state index contributed by atoms with van der Waals surface area (Å²) in [5, 5.41) is 2.83. The Morgan fingerprint density at radius 2 is 1.74 bits per heavy atom. The first-order valence-electron chi connectivity index (χ1n) is 6.01. The Morgan fingerprint density at radius 1 is 1.00 bits per heavy atom. The van der Waals surface area contributed by atoms with Gasteiger partial charge in [0.15, 0.2) is 0 Å². The SMILES string of the molecule is CC1=CSc2ccccc2C(c2ccc(Cl)cc2)=N1. The van der Waals surface area contributed by atoms with Gasteiger partial charge in [-0.15, -0.1) is 0 Å². The molecule has 0 aromatic heterocycles. The standard InChI is InChI=1S/C16H12ClNS/c1-11-10-19-15-5-3-2-4-14(15)16(18-11)12-6-8-13(17)9-7-12/h2-10H,1H3. The van der Waals surface area contributed by atoms with Crippen molar-refractivity contribution in [2.75, 3.05) is 0 Å². The number of hydrogen-bond donors (Lipinski definition) is 0. The zero-order chi connectivity index (χ0) is 13.2. The molecule has 0 saturated carbocycles. The lowest BCUT2D eigenvalue weighted by Crippen LogP contribution is -2.04. The average Bonchev–Trinajstić information content (AvgIpc) is 2.60. The van der Waals surface area contributed by atoms with Crippen molar-refractivity contribution < 1.29 is 0 Å². The van der Waals surface area contributed by atoms with Crippen molar-refractivity contribution in [3.8, 4) is 0 Å². The first-order chi connectivity index (χ1) is 9.24. The monoisotopic (exact) mass is 285 g/mol. The number of halogens is 1. The molecule has 0 saturated heterocycles. The van der Waals surface area contributed by atoms with Crippen molar-refractivity contribution in [3.05, 3.63) is 75.8 Å². The topological polar surface area (TPSA) is 12.4 Å². The molecule has 0 aliphatic carbocycles. The van der Waals surface area contributed by atoms with Crippen LogP contribution in [0.2, 0.25) is 5.02 Å². The number of nitrogens with zero attached hydrogens (tertiary/aromatic N) is 1. The molecule has 0 fully saturated rings. The lowest BCUT2D eigenvalue weighted by atomic mass is 10.0. The van der Waals surface area contributed by atoms with Crippen LogP contribution < -0.4 is 0 Å². The highest BCUT2D eigenvalue weighted by molar-refractivity contribution is 8.02. The summed E-state index contributed by atoms with van der Waals surface area (Å²) in [4.78, 5) is 5.96. The van der Waals surface area contributed by atoms with Gasteiger partial charge in [-0.1, -0.05) is 53.7 Å². The zero-order valence-electron chi connectivity index (χ0n) is 10.4. The number of rotatable bonds is 1. The van der Waals surface area contributed by atoms with Crippen LogP contribution in [0.4, 0.5) is 0 Å². The predicted octanol–water partition coefficient (Wildman–Crippen LogP) is 5.14. The number of hydrogen-bond acceptors (Lipinski definition) is 2. The quantitative estimate of drug-likeness (QED) is 0.706. The van der Waals surface area contributed by atoms with Gasteiger partial charge >= 0.3 is 0 Å². The third kappa shape index (κ3) is 2.60. The number of aliphatic imine (C=N–C) groups is 1. The zero-order valence-corrected chi connectivity index (χ0v) is 12.0. The van der Waals surface area contributed by atoms with Gasteiger partial charge in [-0.25, -0.2) is 0 Å². The van der Waals surface area contributed by atoms with Crippen LogP contribution in [0.25, 0.3) is 0 Å². The normalized spacial score (nSPS) is 14.2. The molecule has 2 aromatic rings. The van der Waals surface area contributed by atoms with Gasteiger partial charge in [0, 0.05) is 26.7 Å². The third-order valence-corrected chi connectivity index (χ3v) is 4.23. The molecule has 0 bridgehead atoms. The summed E-state index contributed by atoms with van der Waals surface area (Å²) < 4.78 is 0. The van der Waals surface area contributed by atoms with Gasteiger partial charge in [0.2, 0.25) is 0 Å². The van der Waals surface area contributed by atoms with E-state index in [0.717, 1.165) is 22.0 Å². The van der Waals surface area contributed by atoms with E-state index in [4.69, 9.17) is 16.6 Å². The molecule has 0 amide bonds. The molecule has 0 spiro atoms. The first kappa shape index (κ1) is 12.5. The van der Waals surface area contributed by atoms with Gasteiger partial charge < -0.3 is 0 Å². The molecule has 0 atom stereocenters. The highest BCUT2D eigenvalue weighted by Crippen LogP contribution is 2.31. The number of benzene rings is 2. The lowest BCUT2D eigenvalue weighted by molar-refractivity contribution is 1.31. The van der Waals surface area contributed by atoms with Crippen molar-refractivity contribution in [3.63, 3.8) is 0 Å². The van der Waals surface area contributed by atoms with Crippen molar-refractivity contribution in [2.45, 2.75) is 11.8 Å². The van der Waals surface area contributed by atoms with E-state index in [1.807, 2.05) is 37.3 Å². The third-order valence-electron chi connectivity index (χ3n) is 2.90. The smallest absolute Gasteiger partial charge is 0.0789 e. The second kappa shape index (κ2) is 5.24. The Hall–Kier alpha value is -1.51. The van der Waals surface area contributed by atoms with E-state index in [-0.39, 0.29) is 0 Å². The summed E-state index contributed by atoms with van der Waals surface area (Å²) in [6.07, 6.45) is 0. The van der Waals surface area contributed by atoms with E-state index in [9.17, 15) is 0 Å². The molecule has 2 aromatic carbocycles. The molecule has 1 nitrogen and oxygen atoms in total. The second-order valence-electron chi connectivity index (χ2n) is 4.34. The summed E-state index contributed by atoms with van der Waals surface area (Å²) in [5.74, 6) is 0. The van der Waals surface area contributed by atoms with E-state index in [1.54, 1.807) is 11.8 Å². The molecule has 1 heterocycles. The average molecular weight is 286 g/mol. The van der Waals surface area contributed by atoms with E-state index in [2.05, 4.69) is 23.6 Å². The summed E-state index contributed by atoms with van der Waals surface area (Å²) >= 11 is 7.67. The number of thioether (sulfide) groups is 1. The maximum Gasteiger partial charge on any atom is 0.0789 e. The fraction of sp³-hybridized carbons (Fsp3) is 0.0625. The number of allylic oxidation sites excluding steroid dienone is 1. The minimum absolute atomic E-state index is 0.743. The molecule has 1 aliphatic rings. The Kier molecular flexibility index (Phi) is 3.45. The highest BCUT2D eigenvalue weighted by atomic mass is 35.5. The van der Waals surface area contributed by atoms with Crippen LogP contribution in [-0.2, 0) is 0 Å². The second-order valence-corrected chi connectivity index (χ2v) is 5.69. The van der Waals surface area contributed by atoms with E-state index >= 15 is 0 Å². The van der Waals surface area contributed by atoms with Crippen molar-refractivity contribution in [1.82, 2.24) is 0 Å². The Morgan fingerprint density at radius 3 is 2.53 bits per heavy atom. The van der Waals surface area contributed by atoms with E-state index in [0.29, 0.717) is 0 Å². The Balaban J connectivity index is 2.18. The first-order valence-corrected chi connectivity index (χ1v) is 7.27. The van der Waals surface area contributed by atoms with Crippen LogP contribution in [0.3, 0.4) is 0 Å². The molecule has 0 N–H and O–H groups in total. The van der Waals surface area contributed by atoms with Gasteiger partial charge in [0.05, 0.1) is 5.71 Å². The molecule has 94 valence electrons. The fourth-order valence-corrected chi connectivity index (χ4v) is 2.93. The minimum atomic E-state index is 0.743. The van der Waals surface area contributed by atoms with Crippen LogP contribution in [0.1, 0.15) is 18.1 Å². The molecule has 3 heteroatoms. The lowest BCUT2D eigenvalue weighted by Gasteiger charge is -2.09.